The van der Waals surface area contributed by atoms with E-state index in [1.165, 1.54) is 0 Å². The highest BCUT2D eigenvalue weighted by molar-refractivity contribution is 9.10. The zero-order chi connectivity index (χ0) is 14.8. The summed E-state index contributed by atoms with van der Waals surface area (Å²) in [6.07, 6.45) is 2.88. The van der Waals surface area contributed by atoms with Crippen molar-refractivity contribution in [3.63, 3.8) is 0 Å². The number of hydrogen-bond donors (Lipinski definition) is 1. The van der Waals surface area contributed by atoms with Crippen LogP contribution in [0.4, 0.5) is 8.78 Å². The highest BCUT2D eigenvalue weighted by atomic mass is 79.9. The van der Waals surface area contributed by atoms with Crippen molar-refractivity contribution in [1.82, 2.24) is 5.32 Å². The second kappa shape index (κ2) is 6.39. The third-order valence-electron chi connectivity index (χ3n) is 4.13. The summed E-state index contributed by atoms with van der Waals surface area (Å²) in [5.74, 6) is 0.709. The molecule has 5 heteroatoms. The molecule has 2 rings (SSSR count). The van der Waals surface area contributed by atoms with Crippen LogP contribution < -0.4 is 10.1 Å². The molecule has 112 valence electrons. The summed E-state index contributed by atoms with van der Waals surface area (Å²) >= 11 is 3.40. The zero-order valence-electron chi connectivity index (χ0n) is 11.8. The molecule has 0 radical (unpaired) electrons. The van der Waals surface area contributed by atoms with Gasteiger partial charge < -0.3 is 10.1 Å². The quantitative estimate of drug-likeness (QED) is 0.853. The number of ether oxygens (including phenoxy) is 1. The van der Waals surface area contributed by atoms with Crippen LogP contribution in [0.3, 0.4) is 0 Å². The first-order chi connectivity index (χ1) is 9.43. The molecule has 1 heterocycles. The molecule has 1 saturated heterocycles. The van der Waals surface area contributed by atoms with E-state index in [0.717, 1.165) is 29.4 Å². The van der Waals surface area contributed by atoms with Gasteiger partial charge in [0.15, 0.2) is 0 Å². The molecule has 1 fully saturated rings. The van der Waals surface area contributed by atoms with Gasteiger partial charge in [-0.1, -0.05) is 29.8 Å². The fourth-order valence-electron chi connectivity index (χ4n) is 2.91. The number of benzene rings is 1. The highest BCUT2D eigenvalue weighted by Crippen LogP contribution is 2.35. The van der Waals surface area contributed by atoms with Crippen molar-refractivity contribution in [3.05, 3.63) is 28.2 Å². The average Bonchev–Trinajstić information content (AvgIpc) is 2.82. The number of halogens is 3. The van der Waals surface area contributed by atoms with Crippen molar-refractivity contribution < 1.29 is 13.5 Å². The van der Waals surface area contributed by atoms with E-state index in [1.807, 2.05) is 6.07 Å². The Morgan fingerprint density at radius 3 is 2.70 bits per heavy atom. The normalized spacial score (nSPS) is 22.8. The molecule has 1 aliphatic rings. The molecule has 1 aliphatic heterocycles. The molecule has 1 atom stereocenters. The Kier molecular flexibility index (Phi) is 5.02. The van der Waals surface area contributed by atoms with E-state index in [4.69, 9.17) is 0 Å². The summed E-state index contributed by atoms with van der Waals surface area (Å²) in [6, 6.07) is 5.21. The first kappa shape index (κ1) is 15.7. The smallest absolute Gasteiger partial charge is 0.387 e. The minimum atomic E-state index is -2.79. The van der Waals surface area contributed by atoms with E-state index in [0.29, 0.717) is 12.3 Å². The fraction of sp³-hybridized carbons (Fsp3) is 0.600. The van der Waals surface area contributed by atoms with E-state index < -0.39 is 6.61 Å². The molecule has 20 heavy (non-hydrogen) atoms. The number of alkyl halides is 2. The van der Waals surface area contributed by atoms with Crippen LogP contribution in [-0.4, -0.2) is 18.7 Å². The predicted octanol–water partition coefficient (Wildman–Crippen LogP) is 4.37. The summed E-state index contributed by atoms with van der Waals surface area (Å²) in [6.45, 7) is 2.53. The van der Waals surface area contributed by atoms with Gasteiger partial charge in [0.25, 0.3) is 0 Å². The van der Waals surface area contributed by atoms with E-state index in [2.05, 4.69) is 39.8 Å². The Morgan fingerprint density at radius 1 is 1.40 bits per heavy atom. The van der Waals surface area contributed by atoms with Crippen molar-refractivity contribution in [1.29, 1.82) is 0 Å². The molecular weight excluding hydrogens is 328 g/mol. The summed E-state index contributed by atoms with van der Waals surface area (Å²) in [5, 5.41) is 3.56. The van der Waals surface area contributed by atoms with Crippen LogP contribution in [0, 0.1) is 5.92 Å². The maximum absolute atomic E-state index is 12.5. The van der Waals surface area contributed by atoms with Crippen molar-refractivity contribution in [2.75, 3.05) is 6.54 Å². The molecule has 1 N–H and O–H groups in total. The molecule has 2 nitrogen and oxygen atoms in total. The van der Waals surface area contributed by atoms with E-state index in [-0.39, 0.29) is 11.3 Å². The van der Waals surface area contributed by atoms with Gasteiger partial charge in [-0.05, 0) is 55.5 Å². The van der Waals surface area contributed by atoms with Crippen molar-refractivity contribution in [3.8, 4) is 5.75 Å². The number of nitrogens with one attached hydrogen (secondary N) is 1. The molecule has 1 aromatic rings. The van der Waals surface area contributed by atoms with Gasteiger partial charge in [-0.25, -0.2) is 0 Å². The van der Waals surface area contributed by atoms with Gasteiger partial charge in [-0.3, -0.25) is 0 Å². The van der Waals surface area contributed by atoms with E-state index >= 15 is 0 Å². The predicted molar refractivity (Wildman–Crippen MR) is 79.3 cm³/mol. The maximum atomic E-state index is 12.5. The Morgan fingerprint density at radius 2 is 2.15 bits per heavy atom. The molecule has 1 aromatic carbocycles. The van der Waals surface area contributed by atoms with Crippen LogP contribution in [0.15, 0.2) is 22.7 Å². The lowest BCUT2D eigenvalue weighted by Gasteiger charge is -2.34. The van der Waals surface area contributed by atoms with Crippen LogP contribution in [0.1, 0.15) is 32.3 Å². The summed E-state index contributed by atoms with van der Waals surface area (Å²) in [5.41, 5.74) is 0.795. The topological polar surface area (TPSA) is 21.3 Å². The first-order valence-corrected chi connectivity index (χ1v) is 7.70. The van der Waals surface area contributed by atoms with Gasteiger partial charge in [-0.15, -0.1) is 0 Å². The third kappa shape index (κ3) is 3.50. The standard InChI is InChI=1S/C15H20BrF2NO/c1-10(2)15(6-3-7-19-15)9-11-8-12(16)4-5-13(11)20-14(17)18/h4-5,8,10,14,19H,3,6-7,9H2,1-2H3. The van der Waals surface area contributed by atoms with Crippen molar-refractivity contribution >= 4 is 15.9 Å². The van der Waals surface area contributed by atoms with Gasteiger partial charge in [-0.2, -0.15) is 8.78 Å². The first-order valence-electron chi connectivity index (χ1n) is 6.91. The molecular formula is C15H20BrF2NO. The highest BCUT2D eigenvalue weighted by Gasteiger charge is 2.37. The maximum Gasteiger partial charge on any atom is 0.387 e. The summed E-state index contributed by atoms with van der Waals surface area (Å²) in [7, 11) is 0. The van der Waals surface area contributed by atoms with Crippen molar-refractivity contribution in [2.24, 2.45) is 5.92 Å². The van der Waals surface area contributed by atoms with Crippen molar-refractivity contribution in [2.45, 2.75) is 45.3 Å². The van der Waals surface area contributed by atoms with Crippen LogP contribution in [0.25, 0.3) is 0 Å². The molecule has 0 bridgehead atoms. The van der Waals surface area contributed by atoms with Gasteiger partial charge in [0.2, 0.25) is 0 Å². The third-order valence-corrected chi connectivity index (χ3v) is 4.62. The van der Waals surface area contributed by atoms with Gasteiger partial charge in [0.1, 0.15) is 5.75 Å². The monoisotopic (exact) mass is 347 g/mol. The van der Waals surface area contributed by atoms with Crippen LogP contribution in [0.5, 0.6) is 5.75 Å². The SMILES string of the molecule is CC(C)C1(Cc2cc(Br)ccc2OC(F)F)CCCN1. The van der Waals surface area contributed by atoms with Crippen LogP contribution in [-0.2, 0) is 6.42 Å². The zero-order valence-corrected chi connectivity index (χ0v) is 13.3. The number of rotatable bonds is 5. The molecule has 1 unspecified atom stereocenters. The molecule has 0 aromatic heterocycles. The lowest BCUT2D eigenvalue weighted by atomic mass is 9.79. The molecule has 0 aliphatic carbocycles. The molecule has 0 amide bonds. The lowest BCUT2D eigenvalue weighted by Crippen LogP contribution is -2.46. The van der Waals surface area contributed by atoms with Crippen LogP contribution in [0.2, 0.25) is 0 Å². The summed E-state index contributed by atoms with van der Waals surface area (Å²) in [4.78, 5) is 0. The Bertz CT molecular complexity index is 459. The van der Waals surface area contributed by atoms with Gasteiger partial charge in [0.05, 0.1) is 0 Å². The molecule has 0 spiro atoms. The number of hydrogen-bond acceptors (Lipinski definition) is 2. The Balaban J connectivity index is 2.28. The largest absolute Gasteiger partial charge is 0.435 e. The second-order valence-corrected chi connectivity index (χ2v) is 6.56. The van der Waals surface area contributed by atoms with Gasteiger partial charge >= 0.3 is 6.61 Å². The Hall–Kier alpha value is -0.680. The molecule has 0 saturated carbocycles. The fourth-order valence-corrected chi connectivity index (χ4v) is 3.32. The Labute approximate surface area is 127 Å². The minimum absolute atomic E-state index is 0.0268. The van der Waals surface area contributed by atoms with Gasteiger partial charge in [0, 0.05) is 10.0 Å². The average molecular weight is 348 g/mol. The summed E-state index contributed by atoms with van der Waals surface area (Å²) < 4.78 is 30.6. The minimum Gasteiger partial charge on any atom is -0.435 e. The van der Waals surface area contributed by atoms with Crippen LogP contribution >= 0.6 is 15.9 Å². The van der Waals surface area contributed by atoms with E-state index in [1.54, 1.807) is 12.1 Å². The second-order valence-electron chi connectivity index (χ2n) is 5.65. The van der Waals surface area contributed by atoms with E-state index in [9.17, 15) is 8.78 Å². The lowest BCUT2D eigenvalue weighted by molar-refractivity contribution is -0.0506.